The monoisotopic (exact) mass is 361 g/mol. The molecule has 2 amide bonds. The van der Waals surface area contributed by atoms with Crippen molar-refractivity contribution in [1.29, 1.82) is 0 Å². The lowest BCUT2D eigenvalue weighted by atomic mass is 10.1. The smallest absolute Gasteiger partial charge is 0.322 e. The van der Waals surface area contributed by atoms with Crippen LogP contribution in [0.3, 0.4) is 0 Å². The van der Waals surface area contributed by atoms with Gasteiger partial charge >= 0.3 is 6.03 Å². The summed E-state index contributed by atoms with van der Waals surface area (Å²) in [5.41, 5.74) is 4.15. The van der Waals surface area contributed by atoms with E-state index in [0.29, 0.717) is 6.54 Å². The van der Waals surface area contributed by atoms with Crippen molar-refractivity contribution in [3.05, 3.63) is 78.1 Å². The summed E-state index contributed by atoms with van der Waals surface area (Å²) >= 11 is 0. The summed E-state index contributed by atoms with van der Waals surface area (Å²) in [7, 11) is 1.63. The Morgan fingerprint density at radius 2 is 1.89 bits per heavy atom. The van der Waals surface area contributed by atoms with Crippen molar-refractivity contribution in [2.45, 2.75) is 25.9 Å². The number of hydrogen-bond acceptors (Lipinski definition) is 2. The van der Waals surface area contributed by atoms with Gasteiger partial charge in [0.05, 0.1) is 25.4 Å². The predicted molar refractivity (Wildman–Crippen MR) is 106 cm³/mol. The van der Waals surface area contributed by atoms with Gasteiger partial charge in [-0.1, -0.05) is 25.1 Å². The first-order valence-corrected chi connectivity index (χ1v) is 9.18. The number of hydrogen-bond donors (Lipinski definition) is 1. The largest absolute Gasteiger partial charge is 0.497 e. The van der Waals surface area contributed by atoms with E-state index in [9.17, 15) is 4.79 Å². The summed E-state index contributed by atoms with van der Waals surface area (Å²) in [5.74, 6) is 0.765. The highest BCUT2D eigenvalue weighted by Crippen LogP contribution is 2.34. The fourth-order valence-corrected chi connectivity index (χ4v) is 3.73. The molecule has 138 valence electrons. The molecular formula is C22H23N3O2. The molecule has 0 spiro atoms. The van der Waals surface area contributed by atoms with Gasteiger partial charge in [-0.3, -0.25) is 0 Å². The zero-order chi connectivity index (χ0) is 18.8. The van der Waals surface area contributed by atoms with Crippen LogP contribution in [0.25, 0.3) is 5.69 Å². The van der Waals surface area contributed by atoms with E-state index in [1.807, 2.05) is 47.4 Å². The van der Waals surface area contributed by atoms with E-state index in [0.717, 1.165) is 34.8 Å². The van der Waals surface area contributed by atoms with Crippen LogP contribution in [-0.4, -0.2) is 22.6 Å². The minimum absolute atomic E-state index is 0.00523. The number of anilines is 1. The van der Waals surface area contributed by atoms with Gasteiger partial charge in [0.2, 0.25) is 0 Å². The van der Waals surface area contributed by atoms with Gasteiger partial charge in [-0.25, -0.2) is 4.79 Å². The van der Waals surface area contributed by atoms with Crippen LogP contribution >= 0.6 is 0 Å². The quantitative estimate of drug-likeness (QED) is 0.715. The Kier molecular flexibility index (Phi) is 4.59. The Hall–Kier alpha value is -3.21. The Morgan fingerprint density at radius 1 is 1.11 bits per heavy atom. The summed E-state index contributed by atoms with van der Waals surface area (Å²) in [6, 6.07) is 19.7. The van der Waals surface area contributed by atoms with Crippen LogP contribution in [0.2, 0.25) is 0 Å². The van der Waals surface area contributed by atoms with Gasteiger partial charge in [0.1, 0.15) is 5.75 Å². The number of aromatic nitrogens is 1. The van der Waals surface area contributed by atoms with Gasteiger partial charge in [-0.15, -0.1) is 0 Å². The zero-order valence-electron chi connectivity index (χ0n) is 15.6. The summed E-state index contributed by atoms with van der Waals surface area (Å²) in [6.07, 6.45) is 2.91. The maximum atomic E-state index is 13.2. The Bertz CT molecular complexity index is 946. The van der Waals surface area contributed by atoms with E-state index in [-0.39, 0.29) is 12.1 Å². The average molecular weight is 361 g/mol. The number of fused-ring (bicyclic) bond motifs is 3. The SMILES string of the molecule is CC[C@@H]1c2cccn2-c2ccccc2CN1C(=O)Nc1ccc(OC)cc1. The van der Waals surface area contributed by atoms with Gasteiger partial charge in [0, 0.05) is 17.6 Å². The molecule has 0 saturated carbocycles. The molecule has 3 aromatic rings. The van der Waals surface area contributed by atoms with Gasteiger partial charge in [0.15, 0.2) is 0 Å². The number of methoxy groups -OCH3 is 1. The molecule has 5 heteroatoms. The number of amides is 2. The summed E-state index contributed by atoms with van der Waals surface area (Å²) in [4.78, 5) is 15.1. The predicted octanol–water partition coefficient (Wildman–Crippen LogP) is 4.98. The highest BCUT2D eigenvalue weighted by Gasteiger charge is 2.30. The minimum atomic E-state index is -0.100. The normalized spacial score (nSPS) is 15.5. The Balaban J connectivity index is 1.68. The standard InChI is InChI=1S/C22H23N3O2/c1-3-19-21-9-6-14-24(21)20-8-5-4-7-16(20)15-25(19)22(26)23-17-10-12-18(27-2)13-11-17/h4-14,19H,3,15H2,1-2H3,(H,23,26)/t19-/m1/s1. The van der Waals surface area contributed by atoms with E-state index in [1.165, 1.54) is 0 Å². The first-order chi connectivity index (χ1) is 13.2. The maximum absolute atomic E-state index is 13.2. The van der Waals surface area contributed by atoms with Crippen molar-refractivity contribution >= 4 is 11.7 Å². The summed E-state index contributed by atoms with van der Waals surface area (Å²) in [5, 5.41) is 3.03. The topological polar surface area (TPSA) is 46.5 Å². The fraction of sp³-hybridized carbons (Fsp3) is 0.227. The summed E-state index contributed by atoms with van der Waals surface area (Å²) in [6.45, 7) is 2.68. The Labute approximate surface area is 159 Å². The van der Waals surface area contributed by atoms with Crippen molar-refractivity contribution in [2.75, 3.05) is 12.4 Å². The molecule has 1 aromatic heterocycles. The highest BCUT2D eigenvalue weighted by molar-refractivity contribution is 5.89. The molecule has 5 nitrogen and oxygen atoms in total. The van der Waals surface area contributed by atoms with Gasteiger partial charge < -0.3 is 19.5 Å². The van der Waals surface area contributed by atoms with Gasteiger partial charge in [-0.2, -0.15) is 0 Å². The van der Waals surface area contributed by atoms with E-state index < -0.39 is 0 Å². The van der Waals surface area contributed by atoms with Crippen LogP contribution in [-0.2, 0) is 6.54 Å². The lowest BCUT2D eigenvalue weighted by molar-refractivity contribution is 0.181. The number of para-hydroxylation sites is 1. The van der Waals surface area contributed by atoms with Crippen molar-refractivity contribution in [3.63, 3.8) is 0 Å². The number of nitrogens with zero attached hydrogens (tertiary/aromatic N) is 2. The molecule has 0 unspecified atom stereocenters. The second-order valence-electron chi connectivity index (χ2n) is 6.64. The molecule has 0 radical (unpaired) electrons. The molecular weight excluding hydrogens is 338 g/mol. The number of carbonyl (C=O) groups excluding carboxylic acids is 1. The van der Waals surface area contributed by atoms with E-state index in [2.05, 4.69) is 41.2 Å². The molecule has 4 rings (SSSR count). The first-order valence-electron chi connectivity index (χ1n) is 9.18. The number of rotatable bonds is 3. The average Bonchev–Trinajstić information content (AvgIpc) is 3.13. The molecule has 1 aliphatic heterocycles. The van der Waals surface area contributed by atoms with Crippen molar-refractivity contribution in [1.82, 2.24) is 9.47 Å². The molecule has 0 aliphatic carbocycles. The highest BCUT2D eigenvalue weighted by atomic mass is 16.5. The number of nitrogens with one attached hydrogen (secondary N) is 1. The molecule has 1 atom stereocenters. The molecule has 1 aliphatic rings. The maximum Gasteiger partial charge on any atom is 0.322 e. The molecule has 0 fully saturated rings. The third kappa shape index (κ3) is 3.16. The second kappa shape index (κ2) is 7.19. The number of ether oxygens (including phenoxy) is 1. The molecule has 2 heterocycles. The third-order valence-electron chi connectivity index (χ3n) is 5.08. The molecule has 2 aromatic carbocycles. The third-order valence-corrected chi connectivity index (χ3v) is 5.08. The Morgan fingerprint density at radius 3 is 2.63 bits per heavy atom. The minimum Gasteiger partial charge on any atom is -0.497 e. The number of carbonyl (C=O) groups is 1. The van der Waals surface area contributed by atoms with Crippen LogP contribution < -0.4 is 10.1 Å². The van der Waals surface area contributed by atoms with Crippen molar-refractivity contribution in [3.8, 4) is 11.4 Å². The van der Waals surface area contributed by atoms with Crippen LogP contribution in [0.5, 0.6) is 5.75 Å². The van der Waals surface area contributed by atoms with Gasteiger partial charge in [-0.05, 0) is 54.4 Å². The lowest BCUT2D eigenvalue weighted by Gasteiger charge is -2.29. The van der Waals surface area contributed by atoms with Crippen LogP contribution in [0, 0.1) is 0 Å². The summed E-state index contributed by atoms with van der Waals surface area (Å²) < 4.78 is 7.38. The molecule has 1 N–H and O–H groups in total. The molecule has 27 heavy (non-hydrogen) atoms. The second-order valence-corrected chi connectivity index (χ2v) is 6.64. The lowest BCUT2D eigenvalue weighted by Crippen LogP contribution is -2.37. The van der Waals surface area contributed by atoms with Crippen LogP contribution in [0.4, 0.5) is 10.5 Å². The van der Waals surface area contributed by atoms with E-state index in [4.69, 9.17) is 4.74 Å². The van der Waals surface area contributed by atoms with Crippen LogP contribution in [0.15, 0.2) is 66.9 Å². The number of urea groups is 1. The molecule has 0 saturated heterocycles. The molecule has 0 bridgehead atoms. The van der Waals surface area contributed by atoms with Crippen molar-refractivity contribution in [2.24, 2.45) is 0 Å². The zero-order valence-corrected chi connectivity index (χ0v) is 15.6. The number of benzene rings is 2. The van der Waals surface area contributed by atoms with E-state index in [1.54, 1.807) is 7.11 Å². The van der Waals surface area contributed by atoms with Crippen LogP contribution in [0.1, 0.15) is 30.6 Å². The van der Waals surface area contributed by atoms with Gasteiger partial charge in [0.25, 0.3) is 0 Å². The van der Waals surface area contributed by atoms with Crippen molar-refractivity contribution < 1.29 is 9.53 Å². The first kappa shape index (κ1) is 17.2. The fourth-order valence-electron chi connectivity index (χ4n) is 3.73. The van der Waals surface area contributed by atoms with E-state index >= 15 is 0 Å².